The van der Waals surface area contributed by atoms with Crippen molar-refractivity contribution in [2.45, 2.75) is 31.7 Å². The van der Waals surface area contributed by atoms with E-state index in [9.17, 15) is 18.8 Å². The van der Waals surface area contributed by atoms with E-state index in [1.54, 1.807) is 0 Å². The minimum atomic E-state index is -0.601. The molecule has 1 amide bonds. The second-order valence-corrected chi connectivity index (χ2v) is 4.93. The number of Topliss-reactive ketones (excluding diaryl/α,β-unsaturated/α-hetero) is 1. The molecule has 0 spiro atoms. The van der Waals surface area contributed by atoms with Crippen LogP contribution < -0.4 is 5.32 Å². The molecular weight excluding hydrogens is 277 g/mol. The number of ketones is 1. The normalized spacial score (nSPS) is 13.6. The van der Waals surface area contributed by atoms with E-state index in [1.165, 1.54) is 24.3 Å². The molecule has 1 saturated carbocycles. The highest BCUT2D eigenvalue weighted by Crippen LogP contribution is 2.18. The van der Waals surface area contributed by atoms with E-state index < -0.39 is 11.8 Å². The van der Waals surface area contributed by atoms with E-state index in [1.807, 2.05) is 0 Å². The first-order valence-corrected chi connectivity index (χ1v) is 6.78. The summed E-state index contributed by atoms with van der Waals surface area (Å²) in [6.07, 6.45) is 1.79. The van der Waals surface area contributed by atoms with E-state index >= 15 is 0 Å². The van der Waals surface area contributed by atoms with Gasteiger partial charge in [-0.1, -0.05) is 0 Å². The van der Waals surface area contributed by atoms with E-state index in [4.69, 9.17) is 4.74 Å². The molecule has 0 atom stereocenters. The van der Waals surface area contributed by atoms with Crippen LogP contribution in [0.25, 0.3) is 0 Å². The van der Waals surface area contributed by atoms with E-state index in [0.29, 0.717) is 5.56 Å². The Kier molecular flexibility index (Phi) is 5.03. The molecule has 1 N–H and O–H groups in total. The van der Waals surface area contributed by atoms with Crippen LogP contribution in [0.1, 0.15) is 36.0 Å². The number of carbonyl (C=O) groups excluding carboxylic acids is 3. The van der Waals surface area contributed by atoms with Crippen LogP contribution in [0.3, 0.4) is 0 Å². The smallest absolute Gasteiger partial charge is 0.306 e. The number of hydrogen-bond donors (Lipinski definition) is 1. The van der Waals surface area contributed by atoms with Gasteiger partial charge in [0.25, 0.3) is 5.91 Å². The molecule has 0 unspecified atom stereocenters. The number of nitrogens with one attached hydrogen (secondary N) is 1. The Balaban J connectivity index is 1.66. The van der Waals surface area contributed by atoms with Gasteiger partial charge in [0, 0.05) is 18.0 Å². The highest BCUT2D eigenvalue weighted by Gasteiger charge is 2.23. The average molecular weight is 293 g/mol. The summed E-state index contributed by atoms with van der Waals surface area (Å²) in [5, 5.41) is 2.69. The lowest BCUT2D eigenvalue weighted by molar-refractivity contribution is -0.148. The molecule has 1 aliphatic carbocycles. The Bertz CT molecular complexity index is 537. The van der Waals surface area contributed by atoms with Gasteiger partial charge in [0.15, 0.2) is 12.4 Å². The van der Waals surface area contributed by atoms with Gasteiger partial charge in [0.2, 0.25) is 0 Å². The summed E-state index contributed by atoms with van der Waals surface area (Å²) in [6, 6.07) is 5.33. The van der Waals surface area contributed by atoms with Crippen molar-refractivity contribution >= 4 is 17.7 Å². The molecule has 0 aliphatic heterocycles. The third-order valence-electron chi connectivity index (χ3n) is 3.03. The summed E-state index contributed by atoms with van der Waals surface area (Å²) < 4.78 is 17.5. The molecule has 6 heteroatoms. The lowest BCUT2D eigenvalue weighted by Gasteiger charge is -2.05. The lowest BCUT2D eigenvalue weighted by atomic mass is 10.1. The number of halogens is 1. The SMILES string of the molecule is O=C(COC(=O)CCC(=O)c1ccc(F)cc1)NC1CC1. The van der Waals surface area contributed by atoms with Gasteiger partial charge < -0.3 is 10.1 Å². The van der Waals surface area contributed by atoms with Gasteiger partial charge in [-0.25, -0.2) is 4.39 Å². The van der Waals surface area contributed by atoms with Crippen LogP contribution in [0.2, 0.25) is 0 Å². The zero-order valence-corrected chi connectivity index (χ0v) is 11.4. The van der Waals surface area contributed by atoms with E-state index in [2.05, 4.69) is 5.32 Å². The molecule has 0 radical (unpaired) electrons. The molecule has 1 aromatic carbocycles. The van der Waals surface area contributed by atoms with Gasteiger partial charge in [-0.05, 0) is 37.1 Å². The van der Waals surface area contributed by atoms with Crippen molar-refractivity contribution in [1.29, 1.82) is 0 Å². The maximum atomic E-state index is 12.7. The van der Waals surface area contributed by atoms with E-state index in [0.717, 1.165) is 12.8 Å². The van der Waals surface area contributed by atoms with Crippen molar-refractivity contribution in [2.24, 2.45) is 0 Å². The van der Waals surface area contributed by atoms with Crippen molar-refractivity contribution < 1.29 is 23.5 Å². The number of amides is 1. The first-order valence-electron chi connectivity index (χ1n) is 6.78. The number of benzene rings is 1. The predicted molar refractivity (Wildman–Crippen MR) is 72.1 cm³/mol. The zero-order chi connectivity index (χ0) is 15.2. The molecule has 5 nitrogen and oxygen atoms in total. The molecule has 0 bridgehead atoms. The predicted octanol–water partition coefficient (Wildman–Crippen LogP) is 1.61. The van der Waals surface area contributed by atoms with Crippen LogP contribution >= 0.6 is 0 Å². The number of ether oxygens (including phenoxy) is 1. The first-order chi connectivity index (χ1) is 10.0. The number of esters is 1. The fourth-order valence-corrected chi connectivity index (χ4v) is 1.71. The Labute approximate surface area is 121 Å². The third kappa shape index (κ3) is 5.33. The van der Waals surface area contributed by atoms with E-state index in [-0.39, 0.29) is 37.2 Å². The minimum Gasteiger partial charge on any atom is -0.456 e. The fraction of sp³-hybridized carbons (Fsp3) is 0.400. The average Bonchev–Trinajstić information content (AvgIpc) is 3.27. The topological polar surface area (TPSA) is 72.5 Å². The maximum Gasteiger partial charge on any atom is 0.306 e. The van der Waals surface area contributed by atoms with Crippen molar-refractivity contribution in [3.05, 3.63) is 35.6 Å². The highest BCUT2D eigenvalue weighted by molar-refractivity contribution is 5.97. The van der Waals surface area contributed by atoms with Crippen LogP contribution in [0.4, 0.5) is 4.39 Å². The fourth-order valence-electron chi connectivity index (χ4n) is 1.71. The summed E-state index contributed by atoms with van der Waals surface area (Å²) in [4.78, 5) is 34.5. The molecule has 1 aromatic rings. The van der Waals surface area contributed by atoms with Gasteiger partial charge in [0.1, 0.15) is 5.82 Å². The van der Waals surface area contributed by atoms with Gasteiger partial charge in [-0.2, -0.15) is 0 Å². The second kappa shape index (κ2) is 6.97. The monoisotopic (exact) mass is 293 g/mol. The Morgan fingerprint density at radius 2 is 1.81 bits per heavy atom. The summed E-state index contributed by atoms with van der Waals surface area (Å²) >= 11 is 0. The van der Waals surface area contributed by atoms with Crippen LogP contribution in [-0.2, 0) is 14.3 Å². The molecule has 21 heavy (non-hydrogen) atoms. The highest BCUT2D eigenvalue weighted by atomic mass is 19.1. The lowest BCUT2D eigenvalue weighted by Crippen LogP contribution is -2.30. The molecule has 0 aromatic heterocycles. The second-order valence-electron chi connectivity index (χ2n) is 4.93. The molecule has 0 saturated heterocycles. The first kappa shape index (κ1) is 15.2. The van der Waals surface area contributed by atoms with Crippen molar-refractivity contribution in [1.82, 2.24) is 5.32 Å². The molecule has 112 valence electrons. The van der Waals surface area contributed by atoms with Crippen LogP contribution in [0.15, 0.2) is 24.3 Å². The third-order valence-corrected chi connectivity index (χ3v) is 3.03. The standard InChI is InChI=1S/C15H16FNO4/c16-11-3-1-10(2-4-11)13(18)7-8-15(20)21-9-14(19)17-12-5-6-12/h1-4,12H,5-9H2,(H,17,19). The molecule has 0 heterocycles. The summed E-state index contributed by atoms with van der Waals surface area (Å²) in [7, 11) is 0. The quantitative estimate of drug-likeness (QED) is 0.612. The van der Waals surface area contributed by atoms with Gasteiger partial charge in [-0.15, -0.1) is 0 Å². The van der Waals surface area contributed by atoms with Crippen LogP contribution in [0, 0.1) is 5.82 Å². The summed E-state index contributed by atoms with van der Waals surface area (Å²) in [5.41, 5.74) is 0.343. The Hall–Kier alpha value is -2.24. The maximum absolute atomic E-state index is 12.7. The molecular formula is C15H16FNO4. The Morgan fingerprint density at radius 3 is 2.43 bits per heavy atom. The largest absolute Gasteiger partial charge is 0.456 e. The van der Waals surface area contributed by atoms with Crippen LogP contribution in [0.5, 0.6) is 0 Å². The minimum absolute atomic E-state index is 0.0330. The van der Waals surface area contributed by atoms with Gasteiger partial charge >= 0.3 is 5.97 Å². The van der Waals surface area contributed by atoms with Gasteiger partial charge in [0.05, 0.1) is 6.42 Å². The van der Waals surface area contributed by atoms with Crippen molar-refractivity contribution in [3.63, 3.8) is 0 Å². The number of hydrogen-bond acceptors (Lipinski definition) is 4. The zero-order valence-electron chi connectivity index (χ0n) is 11.4. The van der Waals surface area contributed by atoms with Crippen molar-refractivity contribution in [3.8, 4) is 0 Å². The Morgan fingerprint density at radius 1 is 1.14 bits per heavy atom. The number of carbonyl (C=O) groups is 3. The molecule has 2 rings (SSSR count). The van der Waals surface area contributed by atoms with Crippen LogP contribution in [-0.4, -0.2) is 30.3 Å². The summed E-state index contributed by atoms with van der Waals surface area (Å²) in [5.74, 6) is -1.62. The van der Waals surface area contributed by atoms with Gasteiger partial charge in [-0.3, -0.25) is 14.4 Å². The molecule has 1 fully saturated rings. The molecule has 1 aliphatic rings. The van der Waals surface area contributed by atoms with Crippen molar-refractivity contribution in [2.75, 3.05) is 6.61 Å². The number of rotatable bonds is 7. The summed E-state index contributed by atoms with van der Waals surface area (Å²) in [6.45, 7) is -0.319.